The van der Waals surface area contributed by atoms with Crippen molar-refractivity contribution in [2.24, 2.45) is 5.10 Å². The third-order valence-corrected chi connectivity index (χ3v) is 9.17. The van der Waals surface area contributed by atoms with Gasteiger partial charge in [0.1, 0.15) is 17.3 Å². The fourth-order valence-corrected chi connectivity index (χ4v) is 6.57. The molecule has 0 saturated carbocycles. The van der Waals surface area contributed by atoms with E-state index in [1.807, 2.05) is 41.8 Å². The fraction of sp³-hybridized carbons (Fsp3) is 0.182. The van der Waals surface area contributed by atoms with Crippen LogP contribution in [0.2, 0.25) is 0 Å². The van der Waals surface area contributed by atoms with E-state index < -0.39 is 0 Å². The molecule has 0 spiro atoms. The number of halogens is 1. The first kappa shape index (κ1) is 31.0. The number of thioether (sulfide) groups is 1. The first-order valence-corrected chi connectivity index (χ1v) is 16.1. The number of methoxy groups -OCH3 is 2. The largest absolute Gasteiger partial charge is 0.497 e. The summed E-state index contributed by atoms with van der Waals surface area (Å²) in [6.45, 7) is 0.0671. The van der Waals surface area contributed by atoms with Crippen LogP contribution >= 0.6 is 23.1 Å². The number of thiophene rings is 1. The van der Waals surface area contributed by atoms with Gasteiger partial charge in [0.15, 0.2) is 11.0 Å². The summed E-state index contributed by atoms with van der Waals surface area (Å²) >= 11 is 2.75. The van der Waals surface area contributed by atoms with Gasteiger partial charge in [0.25, 0.3) is 11.8 Å². The van der Waals surface area contributed by atoms with Crippen LogP contribution in [0, 0.1) is 5.82 Å². The van der Waals surface area contributed by atoms with Gasteiger partial charge in [-0.05, 0) is 65.5 Å². The van der Waals surface area contributed by atoms with Gasteiger partial charge in [0.2, 0.25) is 0 Å². The molecular formula is C33H29FN6O4S2. The zero-order valence-electron chi connectivity index (χ0n) is 24.9. The van der Waals surface area contributed by atoms with E-state index in [2.05, 4.69) is 15.5 Å². The van der Waals surface area contributed by atoms with Gasteiger partial charge in [-0.25, -0.2) is 9.40 Å². The Morgan fingerprint density at radius 1 is 0.978 bits per heavy atom. The number of rotatable bonds is 11. The lowest BCUT2D eigenvalue weighted by atomic mass is 10.0. The number of amides is 2. The predicted molar refractivity (Wildman–Crippen MR) is 174 cm³/mol. The minimum absolute atomic E-state index is 0.00437. The SMILES string of the molecule is COc1ccc(C(=O)NCc2nnc(SCC(=O)N3N=C(c4cccs4)C[C@H]3c3ccc(F)cc3)n2-c2ccccc2OC)cc1. The second-order valence-electron chi connectivity index (χ2n) is 10.1. The summed E-state index contributed by atoms with van der Waals surface area (Å²) in [6, 6.07) is 23.8. The van der Waals surface area contributed by atoms with Gasteiger partial charge >= 0.3 is 0 Å². The van der Waals surface area contributed by atoms with Crippen LogP contribution in [0.25, 0.3) is 5.69 Å². The highest BCUT2D eigenvalue weighted by Gasteiger charge is 2.34. The van der Waals surface area contributed by atoms with Crippen LogP contribution in [-0.2, 0) is 11.3 Å². The first-order valence-electron chi connectivity index (χ1n) is 14.3. The van der Waals surface area contributed by atoms with Gasteiger partial charge in [0.05, 0.1) is 48.8 Å². The smallest absolute Gasteiger partial charge is 0.253 e. The molecule has 0 saturated heterocycles. The van der Waals surface area contributed by atoms with Crippen molar-refractivity contribution in [1.29, 1.82) is 0 Å². The van der Waals surface area contributed by atoms with Crippen LogP contribution in [-0.4, -0.2) is 57.3 Å². The van der Waals surface area contributed by atoms with Crippen LogP contribution in [0.3, 0.4) is 0 Å². The number of hydrogen-bond acceptors (Lipinski definition) is 9. The average molecular weight is 657 g/mol. The normalized spacial score (nSPS) is 14.2. The molecule has 3 heterocycles. The molecule has 1 N–H and O–H groups in total. The number of para-hydroxylation sites is 2. The van der Waals surface area contributed by atoms with E-state index in [0.29, 0.717) is 40.2 Å². The van der Waals surface area contributed by atoms with Crippen LogP contribution in [0.4, 0.5) is 4.39 Å². The Bertz CT molecular complexity index is 1860. The molecule has 0 aliphatic carbocycles. The molecule has 46 heavy (non-hydrogen) atoms. The Hall–Kier alpha value is -5.01. The highest BCUT2D eigenvalue weighted by Crippen LogP contribution is 2.35. The topological polar surface area (TPSA) is 111 Å². The number of carbonyl (C=O) groups is 2. The van der Waals surface area contributed by atoms with E-state index in [-0.39, 0.29) is 36.0 Å². The monoisotopic (exact) mass is 656 g/mol. The van der Waals surface area contributed by atoms with Gasteiger partial charge in [0, 0.05) is 12.0 Å². The standard InChI is InChI=1S/C33H29FN6O4S2/c1-43-24-15-11-22(12-16-24)32(42)35-19-30-36-37-33(39(30)26-6-3-4-7-28(26)44-2)46-20-31(41)40-27(21-9-13-23(34)14-10-21)18-25(38-40)29-8-5-17-45-29/h3-17,27H,18-20H2,1-2H3,(H,35,42)/t27-/m0/s1. The van der Waals surface area contributed by atoms with Gasteiger partial charge in [-0.2, -0.15) is 5.10 Å². The quantitative estimate of drug-likeness (QED) is 0.177. The number of nitrogens with one attached hydrogen (secondary N) is 1. The van der Waals surface area contributed by atoms with Crippen molar-refractivity contribution >= 4 is 40.6 Å². The molecule has 6 rings (SSSR count). The third-order valence-electron chi connectivity index (χ3n) is 7.34. The van der Waals surface area contributed by atoms with Crippen molar-refractivity contribution < 1.29 is 23.5 Å². The molecule has 1 aliphatic rings. The van der Waals surface area contributed by atoms with Gasteiger partial charge in [-0.15, -0.1) is 21.5 Å². The molecular weight excluding hydrogens is 628 g/mol. The zero-order chi connectivity index (χ0) is 32.0. The number of carbonyl (C=O) groups excluding carboxylic acids is 2. The van der Waals surface area contributed by atoms with Crippen molar-refractivity contribution in [2.75, 3.05) is 20.0 Å². The van der Waals surface area contributed by atoms with Crippen LogP contribution in [0.15, 0.2) is 101 Å². The van der Waals surface area contributed by atoms with E-state index >= 15 is 0 Å². The maximum atomic E-state index is 13.8. The first-order chi connectivity index (χ1) is 22.4. The Labute approximate surface area is 272 Å². The lowest BCUT2D eigenvalue weighted by Gasteiger charge is -2.22. The molecule has 10 nitrogen and oxygen atoms in total. The molecule has 13 heteroatoms. The van der Waals surface area contributed by atoms with Crippen LogP contribution in [0.1, 0.15) is 39.1 Å². The van der Waals surface area contributed by atoms with Crippen molar-refractivity contribution in [2.45, 2.75) is 24.2 Å². The number of benzene rings is 3. The molecule has 0 fully saturated rings. The van der Waals surface area contributed by atoms with E-state index in [9.17, 15) is 14.0 Å². The molecule has 0 bridgehead atoms. The summed E-state index contributed by atoms with van der Waals surface area (Å²) in [6.07, 6.45) is 0.512. The molecule has 3 aromatic carbocycles. The summed E-state index contributed by atoms with van der Waals surface area (Å²) in [5, 5.41) is 20.2. The molecule has 2 amide bonds. The predicted octanol–water partition coefficient (Wildman–Crippen LogP) is 5.89. The number of ether oxygens (including phenoxy) is 2. The fourth-order valence-electron chi connectivity index (χ4n) is 5.04. The van der Waals surface area contributed by atoms with Crippen LogP contribution in [0.5, 0.6) is 11.5 Å². The molecule has 2 aromatic heterocycles. The summed E-state index contributed by atoms with van der Waals surface area (Å²) in [7, 11) is 3.13. The van der Waals surface area contributed by atoms with E-state index in [1.54, 1.807) is 66.5 Å². The Morgan fingerprint density at radius 3 is 2.48 bits per heavy atom. The second-order valence-corrected chi connectivity index (χ2v) is 12.0. The van der Waals surface area contributed by atoms with Gasteiger partial charge in [-0.1, -0.05) is 42.1 Å². The van der Waals surface area contributed by atoms with Crippen molar-refractivity contribution in [3.05, 3.63) is 118 Å². The minimum atomic E-state index is -0.374. The average Bonchev–Trinajstić information content (AvgIpc) is 3.87. The van der Waals surface area contributed by atoms with Gasteiger partial charge in [-0.3, -0.25) is 14.2 Å². The number of hydrogen-bond donors (Lipinski definition) is 1. The number of nitrogens with zero attached hydrogens (tertiary/aromatic N) is 5. The molecule has 5 aromatic rings. The highest BCUT2D eigenvalue weighted by molar-refractivity contribution is 7.99. The minimum Gasteiger partial charge on any atom is -0.497 e. The van der Waals surface area contributed by atoms with Crippen molar-refractivity contribution in [3.8, 4) is 17.2 Å². The summed E-state index contributed by atoms with van der Waals surface area (Å²) in [5.74, 6) is 0.793. The lowest BCUT2D eigenvalue weighted by molar-refractivity contribution is -0.130. The maximum absolute atomic E-state index is 13.8. The van der Waals surface area contributed by atoms with Crippen molar-refractivity contribution in [3.63, 3.8) is 0 Å². The van der Waals surface area contributed by atoms with Gasteiger partial charge < -0.3 is 14.8 Å². The highest BCUT2D eigenvalue weighted by atomic mass is 32.2. The lowest BCUT2D eigenvalue weighted by Crippen LogP contribution is -2.28. The van der Waals surface area contributed by atoms with E-state index in [1.165, 1.54) is 28.9 Å². The summed E-state index contributed by atoms with van der Waals surface area (Å²) in [4.78, 5) is 27.7. The number of aromatic nitrogens is 3. The number of hydrazone groups is 1. The molecule has 1 atom stereocenters. The Morgan fingerprint density at radius 2 is 1.76 bits per heavy atom. The third kappa shape index (κ3) is 6.65. The summed E-state index contributed by atoms with van der Waals surface area (Å²) in [5.41, 5.74) is 2.71. The molecule has 0 unspecified atom stereocenters. The molecule has 1 aliphatic heterocycles. The maximum Gasteiger partial charge on any atom is 0.253 e. The van der Waals surface area contributed by atoms with E-state index in [4.69, 9.17) is 14.6 Å². The van der Waals surface area contributed by atoms with Crippen molar-refractivity contribution in [1.82, 2.24) is 25.1 Å². The van der Waals surface area contributed by atoms with E-state index in [0.717, 1.165) is 16.2 Å². The Balaban J connectivity index is 1.24. The molecule has 234 valence electrons. The van der Waals surface area contributed by atoms with Crippen LogP contribution < -0.4 is 14.8 Å². The zero-order valence-corrected chi connectivity index (χ0v) is 26.6. The second kappa shape index (κ2) is 14.0. The summed E-state index contributed by atoms with van der Waals surface area (Å²) < 4.78 is 26.3. The Kier molecular flexibility index (Phi) is 9.41. The molecule has 0 radical (unpaired) electrons.